The number of nitrogens with one attached hydrogen (secondary N) is 2. The second kappa shape index (κ2) is 7.09. The SMILES string of the molecule is CN1CC[C@]2(C(=O)NCc3cc(=O)[nH]cn3)CCCN(S(C)(=O)=O)[C@H]2C1. The molecule has 10 heteroatoms. The maximum absolute atomic E-state index is 13.1. The number of aromatic nitrogens is 2. The number of carbonyl (C=O) groups is 1. The molecule has 144 valence electrons. The van der Waals surface area contributed by atoms with Crippen LogP contribution < -0.4 is 10.9 Å². The molecule has 0 aliphatic carbocycles. The molecule has 2 atom stereocenters. The van der Waals surface area contributed by atoms with E-state index in [4.69, 9.17) is 0 Å². The Morgan fingerprint density at radius 1 is 1.42 bits per heavy atom. The van der Waals surface area contributed by atoms with E-state index in [-0.39, 0.29) is 24.1 Å². The molecule has 3 rings (SSSR count). The summed E-state index contributed by atoms with van der Waals surface area (Å²) in [6.07, 6.45) is 4.42. The van der Waals surface area contributed by atoms with Gasteiger partial charge in [0.1, 0.15) is 0 Å². The highest BCUT2D eigenvalue weighted by Gasteiger charge is 2.54. The van der Waals surface area contributed by atoms with Crippen LogP contribution in [0.5, 0.6) is 0 Å². The number of nitrogens with zero attached hydrogens (tertiary/aromatic N) is 3. The number of carbonyl (C=O) groups excluding carboxylic acids is 1. The summed E-state index contributed by atoms with van der Waals surface area (Å²) in [6, 6.07) is 0.963. The zero-order chi connectivity index (χ0) is 18.9. The lowest BCUT2D eigenvalue weighted by Gasteiger charge is -2.52. The largest absolute Gasteiger partial charge is 0.350 e. The molecular formula is C16H25N5O4S. The van der Waals surface area contributed by atoms with Gasteiger partial charge in [-0.25, -0.2) is 13.4 Å². The summed E-state index contributed by atoms with van der Waals surface area (Å²) in [5.74, 6) is -0.161. The number of piperidine rings is 2. The monoisotopic (exact) mass is 383 g/mol. The van der Waals surface area contributed by atoms with Crippen LogP contribution in [-0.2, 0) is 21.4 Å². The summed E-state index contributed by atoms with van der Waals surface area (Å²) in [4.78, 5) is 33.0. The van der Waals surface area contributed by atoms with Crippen molar-refractivity contribution < 1.29 is 13.2 Å². The Bertz CT molecular complexity index is 839. The third-order valence-electron chi connectivity index (χ3n) is 5.45. The smallest absolute Gasteiger partial charge is 0.250 e. The fraction of sp³-hybridized carbons (Fsp3) is 0.688. The lowest BCUT2D eigenvalue weighted by Crippen LogP contribution is -2.66. The molecule has 26 heavy (non-hydrogen) atoms. The van der Waals surface area contributed by atoms with Gasteiger partial charge in [-0.3, -0.25) is 9.59 Å². The van der Waals surface area contributed by atoms with E-state index < -0.39 is 15.4 Å². The Morgan fingerprint density at radius 3 is 2.88 bits per heavy atom. The predicted molar refractivity (Wildman–Crippen MR) is 95.8 cm³/mol. The summed E-state index contributed by atoms with van der Waals surface area (Å²) in [7, 11) is -1.45. The van der Waals surface area contributed by atoms with Gasteiger partial charge in [0.15, 0.2) is 0 Å². The number of hydrogen-bond donors (Lipinski definition) is 2. The van der Waals surface area contributed by atoms with Crippen LogP contribution in [0.2, 0.25) is 0 Å². The second-order valence-corrected chi connectivity index (χ2v) is 9.18. The number of H-pyrrole nitrogens is 1. The molecule has 2 saturated heterocycles. The molecular weight excluding hydrogens is 358 g/mol. The number of fused-ring (bicyclic) bond motifs is 1. The fourth-order valence-corrected chi connectivity index (χ4v) is 5.30. The first-order valence-corrected chi connectivity index (χ1v) is 10.5. The molecule has 0 unspecified atom stereocenters. The van der Waals surface area contributed by atoms with Gasteiger partial charge in [0.25, 0.3) is 5.56 Å². The van der Waals surface area contributed by atoms with Crippen LogP contribution in [0.15, 0.2) is 17.2 Å². The first kappa shape index (κ1) is 19.0. The molecule has 1 amide bonds. The van der Waals surface area contributed by atoms with Crippen molar-refractivity contribution in [3.63, 3.8) is 0 Å². The van der Waals surface area contributed by atoms with E-state index in [1.165, 1.54) is 23.0 Å². The molecule has 0 saturated carbocycles. The van der Waals surface area contributed by atoms with E-state index >= 15 is 0 Å². The molecule has 0 bridgehead atoms. The average molecular weight is 383 g/mol. The second-order valence-electron chi connectivity index (χ2n) is 7.25. The molecule has 2 aliphatic heterocycles. The predicted octanol–water partition coefficient (Wildman–Crippen LogP) is -0.868. The number of sulfonamides is 1. The standard InChI is InChI=1S/C16H25N5O4S/c1-20-7-5-16(4-3-6-21(13(16)10-20)26(2,24)25)15(23)17-9-12-8-14(22)19-11-18-12/h8,11,13H,3-7,9-10H2,1-2H3,(H,17,23)(H,18,19,22)/t13-,16+/m0/s1. The van der Waals surface area contributed by atoms with Gasteiger partial charge in [-0.15, -0.1) is 0 Å². The summed E-state index contributed by atoms with van der Waals surface area (Å²) in [5, 5.41) is 2.88. The van der Waals surface area contributed by atoms with Crippen molar-refractivity contribution in [1.82, 2.24) is 24.5 Å². The van der Waals surface area contributed by atoms with Crippen LogP contribution in [-0.4, -0.2) is 72.5 Å². The fourth-order valence-electron chi connectivity index (χ4n) is 4.11. The minimum absolute atomic E-state index is 0.145. The first-order valence-electron chi connectivity index (χ1n) is 8.70. The zero-order valence-corrected chi connectivity index (χ0v) is 15.9. The number of likely N-dealkylation sites (N-methyl/N-ethyl adjacent to an activating group) is 1. The van der Waals surface area contributed by atoms with E-state index in [1.807, 2.05) is 7.05 Å². The van der Waals surface area contributed by atoms with Crippen molar-refractivity contribution in [3.8, 4) is 0 Å². The zero-order valence-electron chi connectivity index (χ0n) is 15.1. The highest BCUT2D eigenvalue weighted by Crippen LogP contribution is 2.43. The average Bonchev–Trinajstić information content (AvgIpc) is 2.58. The van der Waals surface area contributed by atoms with Crippen LogP contribution in [0, 0.1) is 5.41 Å². The van der Waals surface area contributed by atoms with Gasteiger partial charge in [0.05, 0.1) is 36.3 Å². The molecule has 1 aromatic heterocycles. The lowest BCUT2D eigenvalue weighted by atomic mass is 9.68. The van der Waals surface area contributed by atoms with Gasteiger partial charge in [0, 0.05) is 19.2 Å². The molecule has 1 aromatic rings. The van der Waals surface area contributed by atoms with Gasteiger partial charge in [0.2, 0.25) is 15.9 Å². The topological polar surface area (TPSA) is 115 Å². The number of hydrogen-bond acceptors (Lipinski definition) is 6. The van der Waals surface area contributed by atoms with Crippen LogP contribution in [0.1, 0.15) is 25.0 Å². The highest BCUT2D eigenvalue weighted by molar-refractivity contribution is 7.88. The van der Waals surface area contributed by atoms with Crippen molar-refractivity contribution in [3.05, 3.63) is 28.4 Å². The molecule has 2 aliphatic rings. The van der Waals surface area contributed by atoms with Crippen LogP contribution in [0.3, 0.4) is 0 Å². The molecule has 2 N–H and O–H groups in total. The Morgan fingerprint density at radius 2 is 2.19 bits per heavy atom. The van der Waals surface area contributed by atoms with Crippen LogP contribution in [0.4, 0.5) is 0 Å². The van der Waals surface area contributed by atoms with Crippen LogP contribution >= 0.6 is 0 Å². The summed E-state index contributed by atoms with van der Waals surface area (Å²) in [6.45, 7) is 1.86. The van der Waals surface area contributed by atoms with Gasteiger partial charge in [-0.2, -0.15) is 4.31 Å². The van der Waals surface area contributed by atoms with Crippen molar-refractivity contribution in [2.75, 3.05) is 32.9 Å². The number of rotatable bonds is 4. The normalized spacial score (nSPS) is 27.7. The third-order valence-corrected chi connectivity index (χ3v) is 6.74. The molecule has 9 nitrogen and oxygen atoms in total. The van der Waals surface area contributed by atoms with Gasteiger partial charge < -0.3 is 15.2 Å². The van der Waals surface area contributed by atoms with Crippen molar-refractivity contribution in [2.45, 2.75) is 31.8 Å². The van der Waals surface area contributed by atoms with Gasteiger partial charge in [-0.1, -0.05) is 0 Å². The van der Waals surface area contributed by atoms with E-state index in [0.717, 1.165) is 6.54 Å². The highest BCUT2D eigenvalue weighted by atomic mass is 32.2. The quantitative estimate of drug-likeness (QED) is 0.699. The summed E-state index contributed by atoms with van der Waals surface area (Å²) >= 11 is 0. The van der Waals surface area contributed by atoms with E-state index in [0.29, 0.717) is 38.0 Å². The maximum Gasteiger partial charge on any atom is 0.250 e. The number of amides is 1. The maximum atomic E-state index is 13.1. The number of likely N-dealkylation sites (tertiary alicyclic amines) is 1. The Kier molecular flexibility index (Phi) is 5.18. The third kappa shape index (κ3) is 3.67. The summed E-state index contributed by atoms with van der Waals surface area (Å²) in [5.41, 5.74) is -0.547. The van der Waals surface area contributed by atoms with Crippen molar-refractivity contribution in [2.24, 2.45) is 5.41 Å². The van der Waals surface area contributed by atoms with E-state index in [9.17, 15) is 18.0 Å². The number of aromatic amines is 1. The Balaban J connectivity index is 1.84. The Hall–Kier alpha value is -1.78. The molecule has 2 fully saturated rings. The summed E-state index contributed by atoms with van der Waals surface area (Å²) < 4.78 is 26.0. The van der Waals surface area contributed by atoms with Gasteiger partial charge >= 0.3 is 0 Å². The minimum atomic E-state index is -3.40. The molecule has 0 spiro atoms. The first-order chi connectivity index (χ1) is 12.2. The minimum Gasteiger partial charge on any atom is -0.350 e. The van der Waals surface area contributed by atoms with Crippen molar-refractivity contribution in [1.29, 1.82) is 0 Å². The molecule has 3 heterocycles. The van der Waals surface area contributed by atoms with E-state index in [2.05, 4.69) is 20.2 Å². The lowest BCUT2D eigenvalue weighted by molar-refractivity contribution is -0.141. The molecule has 0 aromatic carbocycles. The Labute approximate surface area is 152 Å². The van der Waals surface area contributed by atoms with Crippen molar-refractivity contribution >= 4 is 15.9 Å². The molecule has 0 radical (unpaired) electrons. The van der Waals surface area contributed by atoms with Gasteiger partial charge in [-0.05, 0) is 32.9 Å². The van der Waals surface area contributed by atoms with E-state index in [1.54, 1.807) is 0 Å². The van der Waals surface area contributed by atoms with Crippen LogP contribution in [0.25, 0.3) is 0 Å².